The lowest BCUT2D eigenvalue weighted by molar-refractivity contribution is 0.0113. The Morgan fingerprint density at radius 3 is 2.87 bits per heavy atom. The number of nitrogens with zero attached hydrogens (tertiary/aromatic N) is 4. The summed E-state index contributed by atoms with van der Waals surface area (Å²) in [6.07, 6.45) is 3.92. The summed E-state index contributed by atoms with van der Waals surface area (Å²) < 4.78 is 4.94. The zero-order valence-corrected chi connectivity index (χ0v) is 18.2. The molecular weight excluding hydrogens is 396 g/mol. The number of rotatable bonds is 5. The summed E-state index contributed by atoms with van der Waals surface area (Å²) in [5.41, 5.74) is 2.03. The fraction of sp³-hybridized carbons (Fsp3) is 0.435. The van der Waals surface area contributed by atoms with Crippen LogP contribution in [0.1, 0.15) is 34.1 Å². The lowest BCUT2D eigenvalue weighted by atomic mass is 9.78. The second-order valence-electron chi connectivity index (χ2n) is 8.45. The number of methoxy groups -OCH3 is 1. The van der Waals surface area contributed by atoms with Gasteiger partial charge in [-0.2, -0.15) is 0 Å². The Hall–Kier alpha value is -2.51. The molecule has 2 aliphatic heterocycles. The Kier molecular flexibility index (Phi) is 4.95. The lowest BCUT2D eigenvalue weighted by Gasteiger charge is -2.48. The van der Waals surface area contributed by atoms with Crippen molar-refractivity contribution in [2.75, 3.05) is 38.2 Å². The van der Waals surface area contributed by atoms with E-state index in [-0.39, 0.29) is 5.97 Å². The van der Waals surface area contributed by atoms with Crippen LogP contribution >= 0.6 is 11.3 Å². The molecule has 156 valence electrons. The molecule has 1 aromatic carbocycles. The highest BCUT2D eigenvalue weighted by Crippen LogP contribution is 2.43. The van der Waals surface area contributed by atoms with E-state index in [2.05, 4.69) is 32.8 Å². The van der Waals surface area contributed by atoms with Gasteiger partial charge in [-0.1, -0.05) is 25.1 Å². The fourth-order valence-electron chi connectivity index (χ4n) is 4.92. The highest BCUT2D eigenvalue weighted by molar-refractivity contribution is 7.18. The van der Waals surface area contributed by atoms with Crippen molar-refractivity contribution in [2.45, 2.75) is 26.3 Å². The number of carbonyl (C=O) groups excluding carboxylic acids is 1. The lowest BCUT2D eigenvalue weighted by Crippen LogP contribution is -2.57. The van der Waals surface area contributed by atoms with Crippen molar-refractivity contribution in [1.82, 2.24) is 14.9 Å². The molecule has 0 unspecified atom stereocenters. The topological polar surface area (TPSA) is 58.6 Å². The molecule has 0 aliphatic carbocycles. The molecule has 2 aliphatic rings. The number of fused-ring (bicyclic) bond motifs is 1. The third-order valence-corrected chi connectivity index (χ3v) is 7.57. The first-order chi connectivity index (χ1) is 14.6. The number of hydrogen-bond acceptors (Lipinski definition) is 7. The SMILES string of the molecule is CCc1cc2c(N3CCC4(CN(Cc5ccccc5C(=O)OC)C4)C3)ncnc2s1. The fourth-order valence-corrected chi connectivity index (χ4v) is 5.85. The van der Waals surface area contributed by atoms with Gasteiger partial charge in [-0.3, -0.25) is 4.90 Å². The summed E-state index contributed by atoms with van der Waals surface area (Å²) >= 11 is 1.77. The summed E-state index contributed by atoms with van der Waals surface area (Å²) in [4.78, 5) is 28.5. The number of aryl methyl sites for hydroxylation is 1. The Balaban J connectivity index is 1.27. The molecule has 4 heterocycles. The van der Waals surface area contributed by atoms with Crippen LogP contribution in [0.5, 0.6) is 0 Å². The molecule has 5 rings (SSSR count). The Morgan fingerprint density at radius 2 is 2.07 bits per heavy atom. The van der Waals surface area contributed by atoms with E-state index in [0.29, 0.717) is 11.0 Å². The Labute approximate surface area is 180 Å². The van der Waals surface area contributed by atoms with Crippen LogP contribution in [0.2, 0.25) is 0 Å². The van der Waals surface area contributed by atoms with Gasteiger partial charge in [-0.25, -0.2) is 14.8 Å². The van der Waals surface area contributed by atoms with Crippen molar-refractivity contribution in [1.29, 1.82) is 0 Å². The molecule has 6 nitrogen and oxygen atoms in total. The van der Waals surface area contributed by atoms with E-state index in [1.165, 1.54) is 23.8 Å². The highest BCUT2D eigenvalue weighted by Gasteiger charge is 2.48. The number of likely N-dealkylation sites (tertiary alicyclic amines) is 1. The Bertz CT molecular complexity index is 1090. The smallest absolute Gasteiger partial charge is 0.338 e. The van der Waals surface area contributed by atoms with Gasteiger partial charge in [0, 0.05) is 43.0 Å². The molecule has 0 saturated carbocycles. The van der Waals surface area contributed by atoms with Gasteiger partial charge < -0.3 is 9.64 Å². The highest BCUT2D eigenvalue weighted by atomic mass is 32.1. The number of hydrogen-bond donors (Lipinski definition) is 0. The molecule has 2 fully saturated rings. The quantitative estimate of drug-likeness (QED) is 0.584. The maximum absolute atomic E-state index is 12.0. The maximum atomic E-state index is 12.0. The van der Waals surface area contributed by atoms with Crippen molar-refractivity contribution in [2.24, 2.45) is 5.41 Å². The number of benzene rings is 1. The number of anilines is 1. The van der Waals surface area contributed by atoms with Crippen molar-refractivity contribution in [3.63, 3.8) is 0 Å². The van der Waals surface area contributed by atoms with Crippen LogP contribution in [0, 0.1) is 5.41 Å². The minimum atomic E-state index is -0.261. The average Bonchev–Trinajstić information content (AvgIpc) is 3.37. The molecule has 2 saturated heterocycles. The Morgan fingerprint density at radius 1 is 1.23 bits per heavy atom. The first kappa shape index (κ1) is 19.5. The molecule has 2 aromatic heterocycles. The molecular formula is C23H26N4O2S. The van der Waals surface area contributed by atoms with E-state index in [4.69, 9.17) is 4.74 Å². The van der Waals surface area contributed by atoms with Crippen molar-refractivity contribution in [3.05, 3.63) is 52.7 Å². The van der Waals surface area contributed by atoms with Gasteiger partial charge in [0.15, 0.2) is 0 Å². The van der Waals surface area contributed by atoms with Crippen LogP contribution in [-0.4, -0.2) is 54.1 Å². The van der Waals surface area contributed by atoms with Crippen molar-refractivity contribution in [3.8, 4) is 0 Å². The van der Waals surface area contributed by atoms with Gasteiger partial charge in [-0.15, -0.1) is 11.3 Å². The van der Waals surface area contributed by atoms with E-state index in [9.17, 15) is 4.79 Å². The van der Waals surface area contributed by atoms with E-state index in [0.717, 1.165) is 55.4 Å². The average molecular weight is 423 g/mol. The third-order valence-electron chi connectivity index (χ3n) is 6.38. The first-order valence-electron chi connectivity index (χ1n) is 10.5. The molecule has 0 bridgehead atoms. The summed E-state index contributed by atoms with van der Waals surface area (Å²) in [6.45, 7) is 7.15. The van der Waals surface area contributed by atoms with Crippen LogP contribution in [-0.2, 0) is 17.7 Å². The van der Waals surface area contributed by atoms with Gasteiger partial charge in [0.05, 0.1) is 18.1 Å². The maximum Gasteiger partial charge on any atom is 0.338 e. The zero-order valence-electron chi connectivity index (χ0n) is 17.4. The molecule has 0 radical (unpaired) electrons. The first-order valence-corrected chi connectivity index (χ1v) is 11.3. The summed E-state index contributed by atoms with van der Waals surface area (Å²) in [5.74, 6) is 0.824. The second-order valence-corrected chi connectivity index (χ2v) is 9.56. The van der Waals surface area contributed by atoms with E-state index < -0.39 is 0 Å². The van der Waals surface area contributed by atoms with Crippen LogP contribution < -0.4 is 4.90 Å². The summed E-state index contributed by atoms with van der Waals surface area (Å²) in [5, 5.41) is 1.19. The number of carbonyl (C=O) groups is 1. The molecule has 3 aromatic rings. The van der Waals surface area contributed by atoms with Crippen molar-refractivity contribution < 1.29 is 9.53 Å². The normalized spacial score (nSPS) is 18.1. The minimum Gasteiger partial charge on any atom is -0.465 e. The third kappa shape index (κ3) is 3.36. The van der Waals surface area contributed by atoms with Gasteiger partial charge in [-0.05, 0) is 30.5 Å². The van der Waals surface area contributed by atoms with Crippen molar-refractivity contribution >= 4 is 33.3 Å². The van der Waals surface area contributed by atoms with Gasteiger partial charge >= 0.3 is 5.97 Å². The number of esters is 1. The van der Waals surface area contributed by atoms with E-state index >= 15 is 0 Å². The van der Waals surface area contributed by atoms with E-state index in [1.54, 1.807) is 17.7 Å². The standard InChI is InChI=1S/C23H26N4O2S/c1-3-17-10-19-20(24-15-25-21(19)30-17)27-9-8-23(14-27)12-26(13-23)11-16-6-4-5-7-18(16)22(28)29-2/h4-7,10,15H,3,8-9,11-14H2,1-2H3. The second kappa shape index (κ2) is 7.63. The van der Waals surface area contributed by atoms with Gasteiger partial charge in [0.2, 0.25) is 0 Å². The molecule has 0 atom stereocenters. The minimum absolute atomic E-state index is 0.261. The van der Waals surface area contributed by atoms with Crippen LogP contribution in [0.15, 0.2) is 36.7 Å². The summed E-state index contributed by atoms with van der Waals surface area (Å²) in [6, 6.07) is 10.0. The number of ether oxygens (including phenoxy) is 1. The molecule has 1 spiro atoms. The van der Waals surface area contributed by atoms with E-state index in [1.807, 2.05) is 24.3 Å². The van der Waals surface area contributed by atoms with Gasteiger partial charge in [0.25, 0.3) is 0 Å². The number of aromatic nitrogens is 2. The van der Waals surface area contributed by atoms with Crippen LogP contribution in [0.4, 0.5) is 5.82 Å². The van der Waals surface area contributed by atoms with Crippen LogP contribution in [0.25, 0.3) is 10.2 Å². The monoisotopic (exact) mass is 422 g/mol. The number of thiophene rings is 1. The molecule has 30 heavy (non-hydrogen) atoms. The predicted octanol–water partition coefficient (Wildman–Crippen LogP) is 3.75. The predicted molar refractivity (Wildman–Crippen MR) is 119 cm³/mol. The molecule has 0 amide bonds. The molecule has 7 heteroatoms. The summed E-state index contributed by atoms with van der Waals surface area (Å²) in [7, 11) is 1.44. The zero-order chi connectivity index (χ0) is 20.7. The van der Waals surface area contributed by atoms with Crippen LogP contribution in [0.3, 0.4) is 0 Å². The molecule has 0 N–H and O–H groups in total. The van der Waals surface area contributed by atoms with Gasteiger partial charge in [0.1, 0.15) is 17.0 Å². The largest absolute Gasteiger partial charge is 0.465 e.